The van der Waals surface area contributed by atoms with Crippen LogP contribution in [-0.2, 0) is 4.74 Å². The monoisotopic (exact) mass is 171 g/mol. The molecular formula is C10H21NO. The lowest BCUT2D eigenvalue weighted by Crippen LogP contribution is -2.34. The maximum atomic E-state index is 5.78. The van der Waals surface area contributed by atoms with Gasteiger partial charge in [0.15, 0.2) is 0 Å². The standard InChI is InChI=1S/C10H21NO/c1-3-4-8-12-10-7-5-6-9(10)11-2/h9-11H,3-8H2,1-2H3. The molecule has 1 aliphatic carbocycles. The Labute approximate surface area is 75.7 Å². The summed E-state index contributed by atoms with van der Waals surface area (Å²) in [6.45, 7) is 3.15. The lowest BCUT2D eigenvalue weighted by atomic mass is 10.2. The predicted octanol–water partition coefficient (Wildman–Crippen LogP) is 1.94. The molecule has 1 rings (SSSR count). The van der Waals surface area contributed by atoms with Crippen molar-refractivity contribution < 1.29 is 4.74 Å². The van der Waals surface area contributed by atoms with Crippen LogP contribution in [0.25, 0.3) is 0 Å². The summed E-state index contributed by atoms with van der Waals surface area (Å²) in [6.07, 6.45) is 6.77. The van der Waals surface area contributed by atoms with Crippen molar-refractivity contribution in [2.45, 2.75) is 51.2 Å². The highest BCUT2D eigenvalue weighted by Gasteiger charge is 2.25. The first-order valence-corrected chi connectivity index (χ1v) is 5.17. The van der Waals surface area contributed by atoms with E-state index in [1.165, 1.54) is 32.1 Å². The molecule has 2 unspecified atom stereocenters. The van der Waals surface area contributed by atoms with E-state index in [2.05, 4.69) is 12.2 Å². The van der Waals surface area contributed by atoms with Gasteiger partial charge in [0.1, 0.15) is 0 Å². The van der Waals surface area contributed by atoms with Crippen LogP contribution in [0, 0.1) is 0 Å². The van der Waals surface area contributed by atoms with E-state index in [9.17, 15) is 0 Å². The van der Waals surface area contributed by atoms with Gasteiger partial charge in [0, 0.05) is 12.6 Å². The van der Waals surface area contributed by atoms with Crippen LogP contribution in [0.4, 0.5) is 0 Å². The van der Waals surface area contributed by atoms with E-state index in [1.54, 1.807) is 0 Å². The molecule has 0 aromatic carbocycles. The summed E-state index contributed by atoms with van der Waals surface area (Å²) in [5.41, 5.74) is 0. The predicted molar refractivity (Wildman–Crippen MR) is 51.3 cm³/mol. The normalized spacial score (nSPS) is 29.5. The Morgan fingerprint density at radius 3 is 2.92 bits per heavy atom. The number of hydrogen-bond donors (Lipinski definition) is 1. The summed E-state index contributed by atoms with van der Waals surface area (Å²) in [4.78, 5) is 0. The Morgan fingerprint density at radius 1 is 1.42 bits per heavy atom. The van der Waals surface area contributed by atoms with Gasteiger partial charge < -0.3 is 10.1 Å². The van der Waals surface area contributed by atoms with Crippen molar-refractivity contribution in [3.05, 3.63) is 0 Å². The molecule has 1 fully saturated rings. The zero-order valence-electron chi connectivity index (χ0n) is 8.31. The van der Waals surface area contributed by atoms with Gasteiger partial charge in [-0.25, -0.2) is 0 Å². The number of unbranched alkanes of at least 4 members (excludes halogenated alkanes) is 1. The van der Waals surface area contributed by atoms with Gasteiger partial charge in [0.2, 0.25) is 0 Å². The van der Waals surface area contributed by atoms with Gasteiger partial charge in [-0.3, -0.25) is 0 Å². The molecule has 1 aliphatic rings. The topological polar surface area (TPSA) is 21.3 Å². The molecule has 2 nitrogen and oxygen atoms in total. The zero-order valence-corrected chi connectivity index (χ0v) is 8.31. The van der Waals surface area contributed by atoms with E-state index in [0.29, 0.717) is 12.1 Å². The van der Waals surface area contributed by atoms with Crippen LogP contribution >= 0.6 is 0 Å². The van der Waals surface area contributed by atoms with Gasteiger partial charge in [-0.1, -0.05) is 13.3 Å². The van der Waals surface area contributed by atoms with Crippen LogP contribution in [0.3, 0.4) is 0 Å². The molecule has 0 saturated heterocycles. The van der Waals surface area contributed by atoms with E-state index in [4.69, 9.17) is 4.74 Å². The molecule has 2 atom stereocenters. The Balaban J connectivity index is 2.12. The average Bonchev–Trinajstić information content (AvgIpc) is 2.52. The SMILES string of the molecule is CCCCOC1CCCC1NC. The smallest absolute Gasteiger partial charge is 0.0727 e. The van der Waals surface area contributed by atoms with Crippen molar-refractivity contribution in [1.82, 2.24) is 5.32 Å². The van der Waals surface area contributed by atoms with Gasteiger partial charge in [-0.15, -0.1) is 0 Å². The minimum absolute atomic E-state index is 0.488. The number of hydrogen-bond acceptors (Lipinski definition) is 2. The minimum Gasteiger partial charge on any atom is -0.377 e. The van der Waals surface area contributed by atoms with Crippen LogP contribution in [0.1, 0.15) is 39.0 Å². The van der Waals surface area contributed by atoms with Crippen LogP contribution in [0.15, 0.2) is 0 Å². The fraction of sp³-hybridized carbons (Fsp3) is 1.00. The van der Waals surface area contributed by atoms with Gasteiger partial charge in [0.25, 0.3) is 0 Å². The second kappa shape index (κ2) is 5.55. The number of rotatable bonds is 5. The van der Waals surface area contributed by atoms with Crippen molar-refractivity contribution in [3.63, 3.8) is 0 Å². The molecule has 12 heavy (non-hydrogen) atoms. The molecule has 0 amide bonds. The number of ether oxygens (including phenoxy) is 1. The molecular weight excluding hydrogens is 150 g/mol. The summed E-state index contributed by atoms with van der Waals surface area (Å²) >= 11 is 0. The van der Waals surface area contributed by atoms with Crippen molar-refractivity contribution in [1.29, 1.82) is 0 Å². The second-order valence-corrected chi connectivity index (χ2v) is 3.59. The number of likely N-dealkylation sites (N-methyl/N-ethyl adjacent to an activating group) is 1. The van der Waals surface area contributed by atoms with Gasteiger partial charge in [-0.2, -0.15) is 0 Å². The Kier molecular flexibility index (Phi) is 4.62. The highest BCUT2D eigenvalue weighted by atomic mass is 16.5. The zero-order chi connectivity index (χ0) is 8.81. The molecule has 1 N–H and O–H groups in total. The largest absolute Gasteiger partial charge is 0.377 e. The first kappa shape index (κ1) is 10.0. The first-order valence-electron chi connectivity index (χ1n) is 5.17. The summed E-state index contributed by atoms with van der Waals surface area (Å²) in [5, 5.41) is 3.32. The van der Waals surface area contributed by atoms with E-state index in [-0.39, 0.29) is 0 Å². The summed E-state index contributed by atoms with van der Waals surface area (Å²) in [6, 6.07) is 0.613. The lowest BCUT2D eigenvalue weighted by Gasteiger charge is -2.19. The summed E-state index contributed by atoms with van der Waals surface area (Å²) in [5.74, 6) is 0. The van der Waals surface area contributed by atoms with Crippen LogP contribution in [0.5, 0.6) is 0 Å². The third-order valence-corrected chi connectivity index (χ3v) is 2.65. The van der Waals surface area contributed by atoms with Crippen LogP contribution < -0.4 is 5.32 Å². The van der Waals surface area contributed by atoms with Gasteiger partial charge in [0.05, 0.1) is 6.10 Å². The fourth-order valence-electron chi connectivity index (χ4n) is 1.83. The van der Waals surface area contributed by atoms with E-state index in [1.807, 2.05) is 7.05 Å². The first-order chi connectivity index (χ1) is 5.88. The molecule has 0 heterocycles. The van der Waals surface area contributed by atoms with E-state index in [0.717, 1.165) is 6.61 Å². The second-order valence-electron chi connectivity index (χ2n) is 3.59. The lowest BCUT2D eigenvalue weighted by molar-refractivity contribution is 0.0399. The fourth-order valence-corrected chi connectivity index (χ4v) is 1.83. The third-order valence-electron chi connectivity index (χ3n) is 2.65. The van der Waals surface area contributed by atoms with Crippen LogP contribution in [-0.4, -0.2) is 25.8 Å². The third kappa shape index (κ3) is 2.76. The summed E-state index contributed by atoms with van der Waals surface area (Å²) < 4.78 is 5.78. The van der Waals surface area contributed by atoms with E-state index < -0.39 is 0 Å². The average molecular weight is 171 g/mol. The maximum absolute atomic E-state index is 5.78. The van der Waals surface area contributed by atoms with Crippen molar-refractivity contribution >= 4 is 0 Å². The van der Waals surface area contributed by atoms with E-state index >= 15 is 0 Å². The van der Waals surface area contributed by atoms with Gasteiger partial charge >= 0.3 is 0 Å². The molecule has 0 spiro atoms. The van der Waals surface area contributed by atoms with Crippen molar-refractivity contribution in [2.24, 2.45) is 0 Å². The molecule has 0 aromatic heterocycles. The molecule has 0 radical (unpaired) electrons. The molecule has 0 bridgehead atoms. The summed E-state index contributed by atoms with van der Waals surface area (Å²) in [7, 11) is 2.03. The molecule has 0 aromatic rings. The van der Waals surface area contributed by atoms with Crippen molar-refractivity contribution in [3.8, 4) is 0 Å². The highest BCUT2D eigenvalue weighted by molar-refractivity contribution is 4.82. The molecule has 2 heteroatoms. The Hall–Kier alpha value is -0.0800. The Bertz CT molecular complexity index is 116. The van der Waals surface area contributed by atoms with Gasteiger partial charge in [-0.05, 0) is 32.7 Å². The van der Waals surface area contributed by atoms with Crippen molar-refractivity contribution in [2.75, 3.05) is 13.7 Å². The minimum atomic E-state index is 0.488. The molecule has 1 saturated carbocycles. The maximum Gasteiger partial charge on any atom is 0.0727 e. The Morgan fingerprint density at radius 2 is 2.25 bits per heavy atom. The quantitative estimate of drug-likeness (QED) is 0.638. The highest BCUT2D eigenvalue weighted by Crippen LogP contribution is 2.21. The molecule has 0 aliphatic heterocycles. The van der Waals surface area contributed by atoms with Crippen LogP contribution in [0.2, 0.25) is 0 Å². The number of nitrogens with one attached hydrogen (secondary N) is 1. The molecule has 72 valence electrons.